The van der Waals surface area contributed by atoms with E-state index in [1.54, 1.807) is 68.1 Å². The van der Waals surface area contributed by atoms with Gasteiger partial charge in [0.2, 0.25) is 0 Å². The Bertz CT molecular complexity index is 4520. The van der Waals surface area contributed by atoms with Crippen LogP contribution in [0, 0.1) is 146 Å². The average Bonchev–Trinajstić information content (AvgIpc) is 0.831. The zero-order chi connectivity index (χ0) is 73.5. The van der Waals surface area contributed by atoms with Crippen molar-refractivity contribution in [2.45, 2.75) is 33.7 Å². The number of nitrogens with one attached hydrogen (secondary N) is 1. The summed E-state index contributed by atoms with van der Waals surface area (Å²) in [5.74, 6) is -2.43. The molecule has 521 valence electrons. The Balaban J connectivity index is 0.00000117. The zero-order valence-electron chi connectivity index (χ0n) is 55.6. The van der Waals surface area contributed by atoms with E-state index < -0.39 is 23.3 Å². The Morgan fingerprint density at radius 1 is 0.388 bits per heavy atom. The molecule has 1 atom stereocenters. The molecule has 1 aliphatic heterocycles. The smallest absolute Gasteiger partial charge is 0.135 e. The maximum absolute atomic E-state index is 13.5. The van der Waals surface area contributed by atoms with Crippen molar-refractivity contribution in [3.8, 4) is 56.3 Å². The SMILES string of the molecule is Cc1c[c-]c(-c2ccccn2)cc1.Cc1c[c-]c(-c2ccccn2)cc1.Cc1cc(F)cc(F)c1-c1ccccn1.Cc1ccccc1C1C=Cc2ccccc2N1.Fc1c[c-]c(-c2ccccn2)c(F)c1.[C-]#N.[C-]#N.[C-]#N.[C-]#N.[C-]#N.[C-]#N.[Ir].[Ir].[Ir].[c-]1ccccc1-c1ccc2ccccc2n1. The minimum atomic E-state index is -0.649. The van der Waals surface area contributed by atoms with Crippen molar-refractivity contribution in [2.75, 3.05) is 5.32 Å². The van der Waals surface area contributed by atoms with Crippen molar-refractivity contribution in [3.05, 3.63) is 394 Å². The van der Waals surface area contributed by atoms with Crippen LogP contribution < -0.4 is 5.32 Å². The van der Waals surface area contributed by atoms with Crippen molar-refractivity contribution < 1.29 is 77.9 Å². The third-order valence-corrected chi connectivity index (χ3v) is 13.6. The first-order valence-corrected chi connectivity index (χ1v) is 29.7. The molecular formula is C84H60F4Ir3N12-10. The number of hydrogen-bond donors (Lipinski definition) is 1. The standard InChI is InChI=1S/C16H15N.C15H10N.C12H9F2N.2C12H10N.C11H6F2N.6CN.3Ir/c1-12-6-2-4-8-14(12)16-11-10-13-7-3-5-9-15(13)17-16;1-2-6-12(7-3-1)15-11-10-13-8-4-5-9-14(13)16-15;1-8-6-9(13)7-10(14)12(8)11-4-2-3-5-15-11;2*1-10-5-7-11(8-6-10)12-4-2-3-9-13-12;12-8-4-5-9(10(13)7-8)11-3-1-2-6-14-11;6*1-2;;;/h2-11,16-17H,1H3;1-6,8-11H;2-7H,1H3;2*2-7,9H,1H3;1-4,6-7H;;;;;;;;;/q;-1;;9*-1;;;. The van der Waals surface area contributed by atoms with Gasteiger partial charge in [-0.2, -0.15) is 0 Å². The molecule has 19 heteroatoms. The quantitative estimate of drug-likeness (QED) is 0.121. The molecule has 1 unspecified atom stereocenters. The number of anilines is 1. The Hall–Kier alpha value is -12.1. The van der Waals surface area contributed by atoms with E-state index in [1.807, 2.05) is 109 Å². The molecule has 103 heavy (non-hydrogen) atoms. The molecule has 6 heterocycles. The summed E-state index contributed by atoms with van der Waals surface area (Å²) in [6.45, 7) is 36.4. The minimum absolute atomic E-state index is 0. The molecule has 5 aromatic heterocycles. The van der Waals surface area contributed by atoms with E-state index in [0.717, 1.165) is 57.5 Å². The van der Waals surface area contributed by atoms with Gasteiger partial charge >= 0.3 is 0 Å². The second kappa shape index (κ2) is 52.9. The molecule has 0 bridgehead atoms. The van der Waals surface area contributed by atoms with Crippen molar-refractivity contribution in [1.82, 2.24) is 24.9 Å². The number of halogens is 4. The molecule has 13 aromatic rings. The summed E-state index contributed by atoms with van der Waals surface area (Å²) in [6.07, 6.45) is 11.1. The molecule has 0 fully saturated rings. The van der Waals surface area contributed by atoms with Crippen LogP contribution in [0.1, 0.15) is 39.4 Å². The number of para-hydroxylation sites is 2. The van der Waals surface area contributed by atoms with Gasteiger partial charge in [0.15, 0.2) is 0 Å². The van der Waals surface area contributed by atoms with Gasteiger partial charge in [-0.3, -0.25) is 18.7 Å². The van der Waals surface area contributed by atoms with Crippen LogP contribution in [0.4, 0.5) is 23.2 Å². The number of fused-ring (bicyclic) bond motifs is 2. The summed E-state index contributed by atoms with van der Waals surface area (Å²) in [4.78, 5) is 21.1. The normalized spacial score (nSPS) is 10.0. The number of pyridine rings is 5. The van der Waals surface area contributed by atoms with Gasteiger partial charge in [0.25, 0.3) is 0 Å². The van der Waals surface area contributed by atoms with Crippen LogP contribution >= 0.6 is 0 Å². The fourth-order valence-electron chi connectivity index (χ4n) is 9.13. The second-order valence-corrected chi connectivity index (χ2v) is 20.1. The molecule has 1 aliphatic rings. The van der Waals surface area contributed by atoms with Crippen LogP contribution in [0.25, 0.3) is 73.3 Å². The predicted octanol–water partition coefficient (Wildman–Crippen LogP) is 20.3. The van der Waals surface area contributed by atoms with E-state index in [0.29, 0.717) is 22.5 Å². The zero-order valence-corrected chi connectivity index (χ0v) is 62.8. The van der Waals surface area contributed by atoms with Crippen molar-refractivity contribution >= 4 is 22.7 Å². The van der Waals surface area contributed by atoms with E-state index >= 15 is 0 Å². The van der Waals surface area contributed by atoms with Crippen LogP contribution in [0.2, 0.25) is 0 Å². The Morgan fingerprint density at radius 3 is 1.36 bits per heavy atom. The fraction of sp³-hybridized carbons (Fsp3) is 0.0595. The summed E-state index contributed by atoms with van der Waals surface area (Å²) in [5.41, 5.74) is 16.7. The summed E-state index contributed by atoms with van der Waals surface area (Å²) < 4.78 is 52.2. The van der Waals surface area contributed by atoms with Gasteiger partial charge in [0.05, 0.1) is 17.3 Å². The van der Waals surface area contributed by atoms with Gasteiger partial charge in [-0.25, -0.2) is 8.78 Å². The molecule has 1 N–H and O–H groups in total. The Labute approximate surface area is 641 Å². The topological polar surface area (TPSA) is 219 Å². The summed E-state index contributed by atoms with van der Waals surface area (Å²) in [6, 6.07) is 87.8. The van der Waals surface area contributed by atoms with E-state index in [2.05, 4.69) is 160 Å². The molecule has 0 amide bonds. The molecule has 12 nitrogen and oxygen atoms in total. The van der Waals surface area contributed by atoms with Crippen LogP contribution in [0.15, 0.2) is 274 Å². The van der Waals surface area contributed by atoms with Crippen LogP contribution in [0.5, 0.6) is 0 Å². The summed E-state index contributed by atoms with van der Waals surface area (Å²) >= 11 is 0. The summed E-state index contributed by atoms with van der Waals surface area (Å²) in [7, 11) is 0. The van der Waals surface area contributed by atoms with Gasteiger partial charge in [-0.1, -0.05) is 153 Å². The molecule has 0 spiro atoms. The summed E-state index contributed by atoms with van der Waals surface area (Å²) in [5, 5.41) is 42.2. The predicted molar refractivity (Wildman–Crippen MR) is 378 cm³/mol. The van der Waals surface area contributed by atoms with Crippen molar-refractivity contribution in [2.24, 2.45) is 0 Å². The third kappa shape index (κ3) is 30.1. The Kier molecular flexibility index (Phi) is 46.7. The van der Waals surface area contributed by atoms with E-state index in [9.17, 15) is 17.6 Å². The number of nitrogens with zero attached hydrogens (tertiary/aromatic N) is 11. The molecular weight excluding hydrogens is 1830 g/mol. The molecule has 14 rings (SSSR count). The van der Waals surface area contributed by atoms with Gasteiger partial charge < -0.3 is 91.3 Å². The molecule has 3 radical (unpaired) electrons. The van der Waals surface area contributed by atoms with Crippen LogP contribution in [-0.4, -0.2) is 24.9 Å². The first kappa shape index (κ1) is 90.9. The maximum atomic E-state index is 13.5. The molecule has 0 saturated carbocycles. The third-order valence-electron chi connectivity index (χ3n) is 13.6. The number of aromatic nitrogens is 5. The van der Waals surface area contributed by atoms with Crippen molar-refractivity contribution in [1.29, 1.82) is 31.6 Å². The minimum Gasteiger partial charge on any atom is -0.512 e. The largest absolute Gasteiger partial charge is 0.512 e. The molecule has 0 saturated heterocycles. The second-order valence-electron chi connectivity index (χ2n) is 20.1. The van der Waals surface area contributed by atoms with Crippen LogP contribution in [0.3, 0.4) is 0 Å². The van der Waals surface area contributed by atoms with Gasteiger partial charge in [0, 0.05) is 114 Å². The van der Waals surface area contributed by atoms with Crippen LogP contribution in [-0.2, 0) is 60.3 Å². The average molecular weight is 1890 g/mol. The van der Waals surface area contributed by atoms with Gasteiger partial charge in [0.1, 0.15) is 11.6 Å². The number of benzene rings is 8. The molecule has 0 aliphatic carbocycles. The maximum Gasteiger partial charge on any atom is 0.135 e. The van der Waals surface area contributed by atoms with Gasteiger partial charge in [-0.15, -0.1) is 119 Å². The first-order valence-electron chi connectivity index (χ1n) is 29.7. The van der Waals surface area contributed by atoms with E-state index in [1.165, 1.54) is 45.0 Å². The number of rotatable bonds is 6. The first-order chi connectivity index (χ1) is 48.9. The van der Waals surface area contributed by atoms with E-state index in [-0.39, 0.29) is 71.9 Å². The fourth-order valence-corrected chi connectivity index (χ4v) is 9.13. The van der Waals surface area contributed by atoms with Crippen molar-refractivity contribution in [3.63, 3.8) is 0 Å². The van der Waals surface area contributed by atoms with E-state index in [4.69, 9.17) is 71.0 Å². The van der Waals surface area contributed by atoms with Gasteiger partial charge in [-0.05, 0) is 113 Å². The monoisotopic (exact) mass is 1890 g/mol. The number of hydrogen-bond acceptors (Lipinski definition) is 12. The Morgan fingerprint density at radius 2 is 0.864 bits per heavy atom. The number of aryl methyl sites for hydroxylation is 4. The molecule has 8 aromatic carbocycles.